The van der Waals surface area contributed by atoms with Gasteiger partial charge in [0.2, 0.25) is 0 Å². The molecule has 0 aromatic carbocycles. The number of aldehydes is 1. The van der Waals surface area contributed by atoms with E-state index in [0.29, 0.717) is 10.6 Å². The van der Waals surface area contributed by atoms with Crippen molar-refractivity contribution in [1.82, 2.24) is 9.55 Å². The highest BCUT2D eigenvalue weighted by Gasteiger charge is 2.09. The van der Waals surface area contributed by atoms with Crippen molar-refractivity contribution in [2.24, 2.45) is 7.05 Å². The summed E-state index contributed by atoms with van der Waals surface area (Å²) in [5.74, 6) is 0. The van der Waals surface area contributed by atoms with Gasteiger partial charge in [0.15, 0.2) is 6.29 Å². The zero-order chi connectivity index (χ0) is 9.42. The summed E-state index contributed by atoms with van der Waals surface area (Å²) in [4.78, 5) is 14.8. The molecule has 3 nitrogen and oxygen atoms in total. The topological polar surface area (TPSA) is 34.9 Å². The van der Waals surface area contributed by atoms with E-state index in [-0.39, 0.29) is 0 Å². The Morgan fingerprint density at radius 1 is 1.62 bits per heavy atom. The molecule has 0 saturated carbocycles. The molecule has 2 rings (SSSR count). The third-order valence-electron chi connectivity index (χ3n) is 1.96. The van der Waals surface area contributed by atoms with E-state index in [4.69, 9.17) is 11.6 Å². The number of pyridine rings is 1. The molecular formula is C9H7ClN2O. The largest absolute Gasteiger partial charge is 0.335 e. The summed E-state index contributed by atoms with van der Waals surface area (Å²) >= 11 is 5.94. The summed E-state index contributed by atoms with van der Waals surface area (Å²) in [5.41, 5.74) is 1.31. The number of carbonyl (C=O) groups is 1. The lowest BCUT2D eigenvalue weighted by Gasteiger charge is -1.95. The fraction of sp³-hybridized carbons (Fsp3) is 0.111. The molecule has 66 valence electrons. The van der Waals surface area contributed by atoms with Crippen LogP contribution in [-0.2, 0) is 7.05 Å². The van der Waals surface area contributed by atoms with Crippen LogP contribution < -0.4 is 0 Å². The molecule has 0 aliphatic heterocycles. The molecule has 0 saturated heterocycles. The average molecular weight is 195 g/mol. The SMILES string of the molecule is Cn1cc(C=O)c2c(Cl)ccnc21. The molecule has 13 heavy (non-hydrogen) atoms. The number of hydrogen-bond donors (Lipinski definition) is 0. The number of aromatic nitrogens is 2. The van der Waals surface area contributed by atoms with Gasteiger partial charge in [0.05, 0.1) is 5.02 Å². The minimum Gasteiger partial charge on any atom is -0.335 e. The predicted molar refractivity (Wildman–Crippen MR) is 51.1 cm³/mol. The van der Waals surface area contributed by atoms with E-state index < -0.39 is 0 Å². The Morgan fingerprint density at radius 2 is 2.38 bits per heavy atom. The highest BCUT2D eigenvalue weighted by Crippen LogP contribution is 2.25. The lowest BCUT2D eigenvalue weighted by molar-refractivity contribution is 0.112. The van der Waals surface area contributed by atoms with Gasteiger partial charge in [0.1, 0.15) is 5.65 Å². The van der Waals surface area contributed by atoms with E-state index in [2.05, 4.69) is 4.98 Å². The van der Waals surface area contributed by atoms with E-state index in [1.807, 2.05) is 7.05 Å². The van der Waals surface area contributed by atoms with Crippen molar-refractivity contribution in [2.75, 3.05) is 0 Å². The molecule has 0 bridgehead atoms. The Morgan fingerprint density at radius 3 is 3.08 bits per heavy atom. The third-order valence-corrected chi connectivity index (χ3v) is 2.28. The molecule has 0 fully saturated rings. The summed E-state index contributed by atoms with van der Waals surface area (Å²) in [6.07, 6.45) is 4.13. The number of fused-ring (bicyclic) bond motifs is 1. The van der Waals surface area contributed by atoms with Crippen LogP contribution in [0.2, 0.25) is 5.02 Å². The molecule has 0 spiro atoms. The molecule has 0 atom stereocenters. The van der Waals surface area contributed by atoms with Gasteiger partial charge in [-0.1, -0.05) is 11.6 Å². The highest BCUT2D eigenvalue weighted by atomic mass is 35.5. The van der Waals surface area contributed by atoms with Crippen LogP contribution in [-0.4, -0.2) is 15.8 Å². The van der Waals surface area contributed by atoms with E-state index in [1.54, 1.807) is 23.0 Å². The number of nitrogens with zero attached hydrogens (tertiary/aromatic N) is 2. The predicted octanol–water partition coefficient (Wildman–Crippen LogP) is 2.04. The molecule has 2 aromatic rings. The monoisotopic (exact) mass is 194 g/mol. The molecule has 0 N–H and O–H groups in total. The smallest absolute Gasteiger partial charge is 0.152 e. The van der Waals surface area contributed by atoms with E-state index in [9.17, 15) is 4.79 Å². The zero-order valence-electron chi connectivity index (χ0n) is 6.99. The molecule has 0 aliphatic rings. The first-order chi connectivity index (χ1) is 6.24. The van der Waals surface area contributed by atoms with Crippen molar-refractivity contribution in [1.29, 1.82) is 0 Å². The molecule has 2 aromatic heterocycles. The second-order valence-electron chi connectivity index (χ2n) is 2.80. The van der Waals surface area contributed by atoms with Gasteiger partial charge in [-0.2, -0.15) is 0 Å². The summed E-state index contributed by atoms with van der Waals surface area (Å²) in [5, 5.41) is 1.29. The molecular weight excluding hydrogens is 188 g/mol. The summed E-state index contributed by atoms with van der Waals surface area (Å²) in [6.45, 7) is 0. The quantitative estimate of drug-likeness (QED) is 0.652. The number of aryl methyl sites for hydroxylation is 1. The first-order valence-corrected chi connectivity index (χ1v) is 4.16. The lowest BCUT2D eigenvalue weighted by atomic mass is 10.2. The summed E-state index contributed by atoms with van der Waals surface area (Å²) in [7, 11) is 1.83. The Bertz CT molecular complexity index is 476. The molecule has 0 unspecified atom stereocenters. The van der Waals surface area contributed by atoms with E-state index in [1.165, 1.54) is 0 Å². The Hall–Kier alpha value is -1.35. The van der Waals surface area contributed by atoms with Crippen molar-refractivity contribution in [3.63, 3.8) is 0 Å². The van der Waals surface area contributed by atoms with Crippen LogP contribution >= 0.6 is 11.6 Å². The van der Waals surface area contributed by atoms with Gasteiger partial charge in [-0.25, -0.2) is 4.98 Å². The van der Waals surface area contributed by atoms with Gasteiger partial charge in [-0.3, -0.25) is 4.79 Å². The Labute approximate surface area is 79.9 Å². The fourth-order valence-corrected chi connectivity index (χ4v) is 1.64. The van der Waals surface area contributed by atoms with E-state index >= 15 is 0 Å². The van der Waals surface area contributed by atoms with Crippen LogP contribution in [0.1, 0.15) is 10.4 Å². The van der Waals surface area contributed by atoms with Crippen LogP contribution in [0.25, 0.3) is 11.0 Å². The fourth-order valence-electron chi connectivity index (χ4n) is 1.39. The summed E-state index contributed by atoms with van der Waals surface area (Å²) < 4.78 is 1.78. The van der Waals surface area contributed by atoms with Gasteiger partial charge >= 0.3 is 0 Å². The normalized spacial score (nSPS) is 10.6. The van der Waals surface area contributed by atoms with Gasteiger partial charge in [0, 0.05) is 30.4 Å². The van der Waals surface area contributed by atoms with Crippen LogP contribution in [0.4, 0.5) is 0 Å². The minimum atomic E-state index is 0.563. The van der Waals surface area contributed by atoms with Crippen LogP contribution in [0.3, 0.4) is 0 Å². The average Bonchev–Trinajstić information content (AvgIpc) is 2.45. The molecule has 0 amide bonds. The molecule has 0 radical (unpaired) electrons. The minimum absolute atomic E-state index is 0.563. The maximum atomic E-state index is 10.7. The van der Waals surface area contributed by atoms with E-state index in [0.717, 1.165) is 17.3 Å². The number of carbonyl (C=O) groups excluding carboxylic acids is 1. The van der Waals surface area contributed by atoms with Crippen molar-refractivity contribution in [3.05, 3.63) is 29.0 Å². The number of halogens is 1. The third kappa shape index (κ3) is 1.12. The van der Waals surface area contributed by atoms with Crippen LogP contribution in [0, 0.1) is 0 Å². The highest BCUT2D eigenvalue weighted by molar-refractivity contribution is 6.36. The van der Waals surface area contributed by atoms with Crippen molar-refractivity contribution < 1.29 is 4.79 Å². The van der Waals surface area contributed by atoms with Gasteiger partial charge in [-0.05, 0) is 6.07 Å². The second-order valence-corrected chi connectivity index (χ2v) is 3.21. The number of rotatable bonds is 1. The van der Waals surface area contributed by atoms with Crippen LogP contribution in [0.15, 0.2) is 18.5 Å². The zero-order valence-corrected chi connectivity index (χ0v) is 7.75. The van der Waals surface area contributed by atoms with Crippen molar-refractivity contribution in [2.45, 2.75) is 0 Å². The number of hydrogen-bond acceptors (Lipinski definition) is 2. The summed E-state index contributed by atoms with van der Waals surface area (Å²) in [6, 6.07) is 1.68. The Kier molecular flexibility index (Phi) is 1.81. The maximum absolute atomic E-state index is 10.7. The van der Waals surface area contributed by atoms with Gasteiger partial charge < -0.3 is 4.57 Å². The first kappa shape index (κ1) is 8.26. The van der Waals surface area contributed by atoms with Crippen molar-refractivity contribution >= 4 is 28.9 Å². The van der Waals surface area contributed by atoms with Crippen molar-refractivity contribution in [3.8, 4) is 0 Å². The Balaban J connectivity index is 2.96. The molecule has 4 heteroatoms. The second kappa shape index (κ2) is 2.85. The maximum Gasteiger partial charge on any atom is 0.152 e. The van der Waals surface area contributed by atoms with Gasteiger partial charge in [-0.15, -0.1) is 0 Å². The standard InChI is InChI=1S/C9H7ClN2O/c1-12-4-6(5-13)8-7(10)2-3-11-9(8)12/h2-5H,1H3. The lowest BCUT2D eigenvalue weighted by Crippen LogP contribution is -1.86. The molecule has 0 aliphatic carbocycles. The first-order valence-electron chi connectivity index (χ1n) is 3.78. The van der Waals surface area contributed by atoms with Gasteiger partial charge in [0.25, 0.3) is 0 Å². The van der Waals surface area contributed by atoms with Crippen LogP contribution in [0.5, 0.6) is 0 Å². The molecule has 2 heterocycles.